The van der Waals surface area contributed by atoms with Crippen LogP contribution in [0.2, 0.25) is 0 Å². The van der Waals surface area contributed by atoms with E-state index < -0.39 is 0 Å². The minimum absolute atomic E-state index is 0.0210. The van der Waals surface area contributed by atoms with Gasteiger partial charge in [-0.05, 0) is 31.4 Å². The van der Waals surface area contributed by atoms with E-state index in [2.05, 4.69) is 16.7 Å². The number of amides is 1. The number of rotatable bonds is 3. The second kappa shape index (κ2) is 6.10. The van der Waals surface area contributed by atoms with Crippen LogP contribution in [-0.2, 0) is 4.79 Å². The number of nitrogens with one attached hydrogen (secondary N) is 2. The van der Waals surface area contributed by atoms with E-state index in [0.29, 0.717) is 23.5 Å². The third kappa shape index (κ3) is 2.97. The molecule has 2 N–H and O–H groups in total. The number of para-hydroxylation sites is 1. The number of hydrogen-bond acceptors (Lipinski definition) is 4. The Morgan fingerprint density at radius 3 is 3.05 bits per heavy atom. The molecule has 100 valence electrons. The average Bonchev–Trinajstić information content (AvgIpc) is 2.64. The van der Waals surface area contributed by atoms with E-state index in [9.17, 15) is 4.79 Å². The average molecular weight is 259 g/mol. The third-order valence-corrected chi connectivity index (χ3v) is 3.22. The highest BCUT2D eigenvalue weighted by Gasteiger charge is 2.22. The zero-order valence-corrected chi connectivity index (χ0v) is 10.9. The highest BCUT2D eigenvalue weighted by Crippen LogP contribution is 2.29. The van der Waals surface area contributed by atoms with Crippen LogP contribution in [-0.4, -0.2) is 25.6 Å². The quantitative estimate of drug-likeness (QED) is 0.865. The number of nitrogens with zero attached hydrogens (tertiary/aromatic N) is 1. The maximum Gasteiger partial charge on any atom is 0.242 e. The monoisotopic (exact) mass is 259 g/mol. The first kappa shape index (κ1) is 13.2. The summed E-state index contributed by atoms with van der Waals surface area (Å²) >= 11 is 0. The maximum atomic E-state index is 11.9. The van der Waals surface area contributed by atoms with Crippen molar-refractivity contribution in [2.75, 3.05) is 19.0 Å². The normalized spacial score (nSPS) is 18.9. The van der Waals surface area contributed by atoms with E-state index in [0.717, 1.165) is 19.3 Å². The second-order valence-electron chi connectivity index (χ2n) is 4.48. The summed E-state index contributed by atoms with van der Waals surface area (Å²) in [5, 5.41) is 15.2. The molecule has 0 bridgehead atoms. The Kier molecular flexibility index (Phi) is 4.24. The van der Waals surface area contributed by atoms with Crippen molar-refractivity contribution >= 4 is 11.6 Å². The zero-order valence-electron chi connectivity index (χ0n) is 10.9. The van der Waals surface area contributed by atoms with E-state index >= 15 is 0 Å². The van der Waals surface area contributed by atoms with Gasteiger partial charge in [-0.2, -0.15) is 5.26 Å². The lowest BCUT2D eigenvalue weighted by Crippen LogP contribution is -2.38. The van der Waals surface area contributed by atoms with Crippen LogP contribution in [0.4, 0.5) is 5.69 Å². The molecule has 19 heavy (non-hydrogen) atoms. The Bertz CT molecular complexity index is 508. The predicted octanol–water partition coefficient (Wildman–Crippen LogP) is 1.65. The van der Waals surface area contributed by atoms with Crippen LogP contribution in [0.1, 0.15) is 24.8 Å². The van der Waals surface area contributed by atoms with Gasteiger partial charge >= 0.3 is 0 Å². The Hall–Kier alpha value is -2.22. The van der Waals surface area contributed by atoms with Gasteiger partial charge in [-0.25, -0.2) is 0 Å². The standard InChI is InChI=1S/C14H17N3O2/c1-19-12-7-4-5-10(9-15)13(12)17-11-6-2-3-8-16-14(11)18/h4-5,7,11,17H,2-3,6,8H2,1H3,(H,16,18). The van der Waals surface area contributed by atoms with E-state index in [1.807, 2.05) is 0 Å². The van der Waals surface area contributed by atoms with Crippen LogP contribution in [0.5, 0.6) is 5.75 Å². The summed E-state index contributed by atoms with van der Waals surface area (Å²) in [7, 11) is 1.55. The summed E-state index contributed by atoms with van der Waals surface area (Å²) in [6.45, 7) is 0.716. The molecule has 0 aliphatic carbocycles. The van der Waals surface area contributed by atoms with Gasteiger partial charge in [0.2, 0.25) is 5.91 Å². The van der Waals surface area contributed by atoms with E-state index in [1.165, 1.54) is 0 Å². The Morgan fingerprint density at radius 1 is 1.47 bits per heavy atom. The number of carbonyl (C=O) groups excluding carboxylic acids is 1. The van der Waals surface area contributed by atoms with E-state index in [4.69, 9.17) is 10.00 Å². The van der Waals surface area contributed by atoms with E-state index in [-0.39, 0.29) is 11.9 Å². The van der Waals surface area contributed by atoms with Gasteiger partial charge in [0.05, 0.1) is 18.4 Å². The molecule has 1 fully saturated rings. The highest BCUT2D eigenvalue weighted by molar-refractivity contribution is 5.86. The lowest BCUT2D eigenvalue weighted by Gasteiger charge is -2.19. The molecule has 5 heteroatoms. The fourth-order valence-electron chi connectivity index (χ4n) is 2.19. The number of carbonyl (C=O) groups is 1. The summed E-state index contributed by atoms with van der Waals surface area (Å²) in [4.78, 5) is 11.9. The van der Waals surface area contributed by atoms with Crippen molar-refractivity contribution in [2.45, 2.75) is 25.3 Å². The minimum Gasteiger partial charge on any atom is -0.495 e. The molecule has 0 radical (unpaired) electrons. The first-order valence-electron chi connectivity index (χ1n) is 6.37. The highest BCUT2D eigenvalue weighted by atomic mass is 16.5. The Labute approximate surface area is 112 Å². The van der Waals surface area contributed by atoms with Gasteiger partial charge < -0.3 is 15.4 Å². The molecule has 0 aromatic heterocycles. The van der Waals surface area contributed by atoms with Gasteiger partial charge in [0, 0.05) is 6.54 Å². The molecule has 1 aromatic carbocycles. The van der Waals surface area contributed by atoms with Crippen LogP contribution in [0.25, 0.3) is 0 Å². The molecule has 5 nitrogen and oxygen atoms in total. The molecular formula is C14H17N3O2. The van der Waals surface area contributed by atoms with Crippen molar-refractivity contribution in [1.29, 1.82) is 5.26 Å². The summed E-state index contributed by atoms with van der Waals surface area (Å²) < 4.78 is 5.25. The van der Waals surface area contributed by atoms with Crippen molar-refractivity contribution in [3.8, 4) is 11.8 Å². The van der Waals surface area contributed by atoms with Gasteiger partial charge in [0.15, 0.2) is 0 Å². The number of nitriles is 1. The third-order valence-electron chi connectivity index (χ3n) is 3.22. The fraction of sp³-hybridized carbons (Fsp3) is 0.429. The molecular weight excluding hydrogens is 242 g/mol. The van der Waals surface area contributed by atoms with Crippen molar-refractivity contribution in [2.24, 2.45) is 0 Å². The van der Waals surface area contributed by atoms with Crippen LogP contribution in [0.15, 0.2) is 18.2 Å². The van der Waals surface area contributed by atoms with Crippen molar-refractivity contribution in [3.05, 3.63) is 23.8 Å². The molecule has 1 aliphatic heterocycles. The van der Waals surface area contributed by atoms with Crippen LogP contribution in [0, 0.1) is 11.3 Å². The zero-order chi connectivity index (χ0) is 13.7. The second-order valence-corrected chi connectivity index (χ2v) is 4.48. The van der Waals surface area contributed by atoms with E-state index in [1.54, 1.807) is 25.3 Å². The molecule has 1 atom stereocenters. The summed E-state index contributed by atoms with van der Waals surface area (Å²) in [6.07, 6.45) is 2.73. The van der Waals surface area contributed by atoms with Crippen molar-refractivity contribution < 1.29 is 9.53 Å². The topological polar surface area (TPSA) is 74.2 Å². The van der Waals surface area contributed by atoms with Crippen LogP contribution < -0.4 is 15.4 Å². The van der Waals surface area contributed by atoms with Crippen molar-refractivity contribution in [3.63, 3.8) is 0 Å². The number of anilines is 1. The van der Waals surface area contributed by atoms with Gasteiger partial charge in [0.25, 0.3) is 0 Å². The van der Waals surface area contributed by atoms with Gasteiger partial charge in [-0.3, -0.25) is 4.79 Å². The molecule has 2 rings (SSSR count). The van der Waals surface area contributed by atoms with Gasteiger partial charge in [-0.15, -0.1) is 0 Å². The first-order chi connectivity index (χ1) is 9.26. The first-order valence-corrected chi connectivity index (χ1v) is 6.37. The smallest absolute Gasteiger partial charge is 0.242 e. The minimum atomic E-state index is -0.314. The van der Waals surface area contributed by atoms with Crippen LogP contribution in [0.3, 0.4) is 0 Å². The number of ether oxygens (including phenoxy) is 1. The lowest BCUT2D eigenvalue weighted by molar-refractivity contribution is -0.121. The number of hydrogen-bond donors (Lipinski definition) is 2. The Morgan fingerprint density at radius 2 is 2.32 bits per heavy atom. The lowest BCUT2D eigenvalue weighted by atomic mass is 10.1. The molecule has 1 saturated heterocycles. The van der Waals surface area contributed by atoms with Crippen LogP contribution >= 0.6 is 0 Å². The summed E-state index contributed by atoms with van der Waals surface area (Å²) in [5.74, 6) is 0.559. The summed E-state index contributed by atoms with van der Waals surface area (Å²) in [5.41, 5.74) is 1.07. The molecule has 1 aromatic rings. The van der Waals surface area contributed by atoms with Gasteiger partial charge in [0.1, 0.15) is 17.9 Å². The van der Waals surface area contributed by atoms with Gasteiger partial charge in [-0.1, -0.05) is 6.07 Å². The molecule has 1 amide bonds. The summed E-state index contributed by atoms with van der Waals surface area (Å²) in [6, 6.07) is 7.05. The molecule has 1 heterocycles. The molecule has 0 saturated carbocycles. The molecule has 0 spiro atoms. The molecule has 1 unspecified atom stereocenters. The number of benzene rings is 1. The fourth-order valence-corrected chi connectivity index (χ4v) is 2.19. The Balaban J connectivity index is 2.26. The maximum absolute atomic E-state index is 11.9. The largest absolute Gasteiger partial charge is 0.495 e. The van der Waals surface area contributed by atoms with Crippen molar-refractivity contribution in [1.82, 2.24) is 5.32 Å². The molecule has 1 aliphatic rings. The number of methoxy groups -OCH3 is 1. The predicted molar refractivity (Wildman–Crippen MR) is 72.0 cm³/mol. The SMILES string of the molecule is COc1cccc(C#N)c1NC1CCCCNC1=O.